The minimum Gasteiger partial charge on any atom is -0.497 e. The van der Waals surface area contributed by atoms with Gasteiger partial charge in [-0.1, -0.05) is 6.07 Å². The number of rotatable bonds is 8. The number of carbonyl (C=O) groups excluding carboxylic acids is 2. The van der Waals surface area contributed by atoms with E-state index in [4.69, 9.17) is 9.47 Å². The van der Waals surface area contributed by atoms with Gasteiger partial charge >= 0.3 is 0 Å². The molecule has 0 bridgehead atoms. The molecule has 0 atom stereocenters. The molecule has 3 rings (SSSR count). The molecule has 1 saturated heterocycles. The van der Waals surface area contributed by atoms with Crippen molar-refractivity contribution in [2.24, 2.45) is 5.92 Å². The molecule has 1 fully saturated rings. The van der Waals surface area contributed by atoms with Crippen LogP contribution in [0.2, 0.25) is 0 Å². The maximum atomic E-state index is 12.8. The summed E-state index contributed by atoms with van der Waals surface area (Å²) in [5.74, 6) is -0.279. The molecule has 0 saturated carbocycles. The summed E-state index contributed by atoms with van der Waals surface area (Å²) in [6.45, 7) is 1.08. The third-order valence-electron chi connectivity index (χ3n) is 5.06. The standard InChI is InChI=1S/C20H24N2O6S2/c1-27-15-5-6-16(28-2)18(12-15)30(25,26)21-13-14-7-9-22(10-8-14)20(24)19(23)17-4-3-11-29-17/h3-6,11-12,14,21H,7-10,13H2,1-2H3. The highest BCUT2D eigenvalue weighted by molar-refractivity contribution is 7.89. The molecule has 1 aromatic carbocycles. The van der Waals surface area contributed by atoms with Gasteiger partial charge in [0.05, 0.1) is 19.1 Å². The van der Waals surface area contributed by atoms with E-state index in [-0.39, 0.29) is 23.1 Å². The third-order valence-corrected chi connectivity index (χ3v) is 7.38. The van der Waals surface area contributed by atoms with Crippen LogP contribution >= 0.6 is 11.3 Å². The summed E-state index contributed by atoms with van der Waals surface area (Å²) in [4.78, 5) is 26.6. The second-order valence-corrected chi connectivity index (χ2v) is 9.59. The molecule has 8 nitrogen and oxygen atoms in total. The smallest absolute Gasteiger partial charge is 0.295 e. The number of carbonyl (C=O) groups is 2. The van der Waals surface area contributed by atoms with Gasteiger partial charge in [-0.2, -0.15) is 0 Å². The average molecular weight is 453 g/mol. The van der Waals surface area contributed by atoms with Gasteiger partial charge in [0.2, 0.25) is 10.0 Å². The third kappa shape index (κ3) is 5.00. The van der Waals surface area contributed by atoms with Crippen LogP contribution in [-0.2, 0) is 14.8 Å². The summed E-state index contributed by atoms with van der Waals surface area (Å²) in [7, 11) is -0.926. The normalized spacial score (nSPS) is 15.1. The van der Waals surface area contributed by atoms with E-state index in [1.807, 2.05) is 0 Å². The van der Waals surface area contributed by atoms with Crippen molar-refractivity contribution in [2.75, 3.05) is 33.9 Å². The van der Waals surface area contributed by atoms with Gasteiger partial charge in [-0.25, -0.2) is 13.1 Å². The fourth-order valence-corrected chi connectivity index (χ4v) is 5.25. The highest BCUT2D eigenvalue weighted by Crippen LogP contribution is 2.28. The number of likely N-dealkylation sites (tertiary alicyclic amines) is 1. The highest BCUT2D eigenvalue weighted by Gasteiger charge is 2.29. The largest absolute Gasteiger partial charge is 0.497 e. The maximum absolute atomic E-state index is 12.8. The molecule has 2 aromatic rings. The number of sulfonamides is 1. The van der Waals surface area contributed by atoms with Gasteiger partial charge in [0.25, 0.3) is 11.7 Å². The van der Waals surface area contributed by atoms with Crippen molar-refractivity contribution in [3.05, 3.63) is 40.6 Å². The number of ketones is 1. The predicted octanol–water partition coefficient (Wildman–Crippen LogP) is 2.17. The number of methoxy groups -OCH3 is 2. The number of nitrogens with one attached hydrogen (secondary N) is 1. The monoisotopic (exact) mass is 452 g/mol. The zero-order valence-corrected chi connectivity index (χ0v) is 18.4. The number of benzene rings is 1. The van der Waals surface area contributed by atoms with Crippen LogP contribution in [-0.4, -0.2) is 58.9 Å². The molecule has 0 spiro atoms. The van der Waals surface area contributed by atoms with Gasteiger partial charge in [0, 0.05) is 25.7 Å². The number of thiophene rings is 1. The Morgan fingerprint density at radius 2 is 1.90 bits per heavy atom. The molecule has 1 N–H and O–H groups in total. The van der Waals surface area contributed by atoms with E-state index in [1.165, 1.54) is 36.5 Å². The van der Waals surface area contributed by atoms with Gasteiger partial charge in [-0.3, -0.25) is 9.59 Å². The molecular formula is C20H24N2O6S2. The Morgan fingerprint density at radius 3 is 2.50 bits per heavy atom. The fraction of sp³-hybridized carbons (Fsp3) is 0.400. The molecule has 1 aliphatic heterocycles. The van der Waals surface area contributed by atoms with Crippen molar-refractivity contribution in [3.8, 4) is 11.5 Å². The number of hydrogen-bond donors (Lipinski definition) is 1. The lowest BCUT2D eigenvalue weighted by Gasteiger charge is -2.31. The van der Waals surface area contributed by atoms with Gasteiger partial charge in [0.1, 0.15) is 16.4 Å². The lowest BCUT2D eigenvalue weighted by molar-refractivity contribution is -0.127. The molecule has 0 radical (unpaired) electrons. The SMILES string of the molecule is COc1ccc(OC)c(S(=O)(=O)NCC2CCN(C(=O)C(=O)c3cccs3)CC2)c1. The number of amides is 1. The van der Waals surface area contributed by atoms with Crippen LogP contribution in [0.1, 0.15) is 22.5 Å². The first-order valence-electron chi connectivity index (χ1n) is 9.44. The molecule has 2 heterocycles. The van der Waals surface area contributed by atoms with Crippen molar-refractivity contribution in [3.63, 3.8) is 0 Å². The summed E-state index contributed by atoms with van der Waals surface area (Å²) >= 11 is 1.25. The molecule has 1 aromatic heterocycles. The lowest BCUT2D eigenvalue weighted by atomic mass is 9.97. The summed E-state index contributed by atoms with van der Waals surface area (Å²) in [6.07, 6.45) is 1.22. The van der Waals surface area contributed by atoms with Crippen molar-refractivity contribution in [1.82, 2.24) is 9.62 Å². The highest BCUT2D eigenvalue weighted by atomic mass is 32.2. The molecule has 0 aliphatic carbocycles. The average Bonchev–Trinajstić information content (AvgIpc) is 3.31. The molecule has 0 unspecified atom stereocenters. The van der Waals surface area contributed by atoms with E-state index in [0.29, 0.717) is 36.6 Å². The first-order chi connectivity index (χ1) is 14.4. The van der Waals surface area contributed by atoms with Crippen LogP contribution in [0.5, 0.6) is 11.5 Å². The summed E-state index contributed by atoms with van der Waals surface area (Å²) in [5, 5.41) is 1.76. The Bertz CT molecular complexity index is 996. The zero-order valence-electron chi connectivity index (χ0n) is 16.8. The summed E-state index contributed by atoms with van der Waals surface area (Å²) in [6, 6.07) is 7.96. The Balaban J connectivity index is 1.57. The Hall–Kier alpha value is -2.43. The maximum Gasteiger partial charge on any atom is 0.295 e. The van der Waals surface area contributed by atoms with Crippen LogP contribution in [0.25, 0.3) is 0 Å². The van der Waals surface area contributed by atoms with Crippen molar-refractivity contribution in [1.29, 1.82) is 0 Å². The van der Waals surface area contributed by atoms with Crippen molar-refractivity contribution >= 4 is 33.1 Å². The minimum absolute atomic E-state index is 0.0125. The first kappa shape index (κ1) is 22.3. The van der Waals surface area contributed by atoms with Crippen LogP contribution in [0.15, 0.2) is 40.6 Å². The molecule has 162 valence electrons. The molecule has 1 amide bonds. The van der Waals surface area contributed by atoms with Crippen molar-refractivity contribution in [2.45, 2.75) is 17.7 Å². The van der Waals surface area contributed by atoms with E-state index < -0.39 is 21.7 Å². The van der Waals surface area contributed by atoms with Crippen LogP contribution in [0, 0.1) is 5.92 Å². The Kier molecular flexibility index (Phi) is 7.11. The Morgan fingerprint density at radius 1 is 1.17 bits per heavy atom. The van der Waals surface area contributed by atoms with Crippen LogP contribution in [0.3, 0.4) is 0 Å². The molecule has 30 heavy (non-hydrogen) atoms. The van der Waals surface area contributed by atoms with Crippen LogP contribution < -0.4 is 14.2 Å². The van der Waals surface area contributed by atoms with Crippen molar-refractivity contribution < 1.29 is 27.5 Å². The van der Waals surface area contributed by atoms with E-state index in [1.54, 1.807) is 29.6 Å². The topological polar surface area (TPSA) is 102 Å². The van der Waals surface area contributed by atoms with Gasteiger partial charge in [-0.15, -0.1) is 11.3 Å². The van der Waals surface area contributed by atoms with E-state index in [2.05, 4.69) is 4.72 Å². The van der Waals surface area contributed by atoms with E-state index >= 15 is 0 Å². The molecule has 10 heteroatoms. The fourth-order valence-electron chi connectivity index (χ4n) is 3.30. The second-order valence-electron chi connectivity index (χ2n) is 6.91. The predicted molar refractivity (Wildman–Crippen MR) is 113 cm³/mol. The quantitative estimate of drug-likeness (QED) is 0.487. The Labute approximate surface area is 179 Å². The number of ether oxygens (including phenoxy) is 2. The van der Waals surface area contributed by atoms with Gasteiger partial charge in [0.15, 0.2) is 0 Å². The van der Waals surface area contributed by atoms with E-state index in [9.17, 15) is 18.0 Å². The van der Waals surface area contributed by atoms with Gasteiger partial charge < -0.3 is 14.4 Å². The van der Waals surface area contributed by atoms with Crippen LogP contribution in [0.4, 0.5) is 0 Å². The number of Topliss-reactive ketones (excluding diaryl/α,β-unsaturated/α-hetero) is 1. The number of nitrogens with zero attached hydrogens (tertiary/aromatic N) is 1. The molecular weight excluding hydrogens is 428 g/mol. The minimum atomic E-state index is -3.80. The second kappa shape index (κ2) is 9.59. The summed E-state index contributed by atoms with van der Waals surface area (Å²) in [5.41, 5.74) is 0. The summed E-state index contributed by atoms with van der Waals surface area (Å²) < 4.78 is 38.4. The molecule has 1 aliphatic rings. The number of hydrogen-bond acceptors (Lipinski definition) is 7. The van der Waals surface area contributed by atoms with Gasteiger partial charge in [-0.05, 0) is 42.3 Å². The zero-order chi connectivity index (χ0) is 21.7. The first-order valence-corrected chi connectivity index (χ1v) is 11.8. The lowest BCUT2D eigenvalue weighted by Crippen LogP contribution is -2.44. The number of piperidine rings is 1. The van der Waals surface area contributed by atoms with E-state index in [0.717, 1.165) is 0 Å².